The van der Waals surface area contributed by atoms with Crippen LogP contribution in [0.5, 0.6) is 11.5 Å². The molecule has 0 saturated heterocycles. The van der Waals surface area contributed by atoms with Crippen molar-refractivity contribution in [3.05, 3.63) is 21.7 Å². The van der Waals surface area contributed by atoms with Gasteiger partial charge in [-0.2, -0.15) is 0 Å². The Morgan fingerprint density at radius 1 is 1.28 bits per heavy atom. The first-order valence-corrected chi connectivity index (χ1v) is 7.31. The van der Waals surface area contributed by atoms with Crippen molar-refractivity contribution in [2.24, 2.45) is 0 Å². The van der Waals surface area contributed by atoms with Crippen LogP contribution in [0.25, 0.3) is 0 Å². The Morgan fingerprint density at radius 3 is 2.78 bits per heavy atom. The van der Waals surface area contributed by atoms with Crippen LogP contribution in [0.2, 0.25) is 0 Å². The molecule has 1 aliphatic heterocycles. The fraction of sp³-hybridized carbons (Fsp3) is 0.571. The highest BCUT2D eigenvalue weighted by molar-refractivity contribution is 9.10. The van der Waals surface area contributed by atoms with Gasteiger partial charge in [0.25, 0.3) is 0 Å². The van der Waals surface area contributed by atoms with Crippen molar-refractivity contribution in [3.63, 3.8) is 0 Å². The van der Waals surface area contributed by atoms with Gasteiger partial charge in [-0.15, -0.1) is 0 Å². The first kappa shape index (κ1) is 13.7. The minimum Gasteiger partial charge on any atom is -0.490 e. The molecular weight excluding hydrogens is 294 g/mol. The maximum Gasteiger partial charge on any atom is 0.164 e. The van der Waals surface area contributed by atoms with E-state index >= 15 is 0 Å². The van der Waals surface area contributed by atoms with E-state index in [1.807, 2.05) is 13.1 Å². The van der Waals surface area contributed by atoms with Crippen molar-refractivity contribution >= 4 is 15.9 Å². The van der Waals surface area contributed by atoms with Crippen LogP contribution in [0.3, 0.4) is 0 Å². The standard InChI is InChI=1S/C14H20BrNO2/c1-3-10-11(5-6-16-2)12(15)9-13-14(10)18-8-4-7-17-13/h9,16H,3-8H2,1-2H3. The van der Waals surface area contributed by atoms with Gasteiger partial charge in [-0.1, -0.05) is 22.9 Å². The second-order valence-corrected chi connectivity index (χ2v) is 5.25. The maximum absolute atomic E-state index is 5.88. The van der Waals surface area contributed by atoms with Gasteiger partial charge in [-0.3, -0.25) is 0 Å². The van der Waals surface area contributed by atoms with Crippen molar-refractivity contribution in [1.29, 1.82) is 0 Å². The molecule has 0 bridgehead atoms. The zero-order valence-corrected chi connectivity index (χ0v) is 12.6. The van der Waals surface area contributed by atoms with Crippen LogP contribution in [0.15, 0.2) is 10.5 Å². The lowest BCUT2D eigenvalue weighted by atomic mass is 10.0. The lowest BCUT2D eigenvalue weighted by Gasteiger charge is -2.17. The molecular formula is C14H20BrNO2. The van der Waals surface area contributed by atoms with Gasteiger partial charge in [0.2, 0.25) is 0 Å². The number of hydrogen-bond acceptors (Lipinski definition) is 3. The Morgan fingerprint density at radius 2 is 2.06 bits per heavy atom. The lowest BCUT2D eigenvalue weighted by molar-refractivity contribution is 0.296. The summed E-state index contributed by atoms with van der Waals surface area (Å²) in [5.41, 5.74) is 2.60. The van der Waals surface area contributed by atoms with Gasteiger partial charge >= 0.3 is 0 Å². The van der Waals surface area contributed by atoms with Crippen molar-refractivity contribution in [3.8, 4) is 11.5 Å². The molecule has 1 aliphatic rings. The highest BCUT2D eigenvalue weighted by atomic mass is 79.9. The molecule has 0 aliphatic carbocycles. The SMILES string of the molecule is CCc1c(CCNC)c(Br)cc2c1OCCCO2. The Kier molecular flexibility index (Phi) is 4.89. The van der Waals surface area contributed by atoms with E-state index in [9.17, 15) is 0 Å². The molecule has 2 rings (SSSR count). The molecule has 0 fully saturated rings. The summed E-state index contributed by atoms with van der Waals surface area (Å²) < 4.78 is 12.8. The van der Waals surface area contributed by atoms with Gasteiger partial charge in [0.05, 0.1) is 13.2 Å². The number of hydrogen-bond donors (Lipinski definition) is 1. The summed E-state index contributed by atoms with van der Waals surface area (Å²) in [7, 11) is 1.97. The summed E-state index contributed by atoms with van der Waals surface area (Å²) >= 11 is 3.66. The highest BCUT2D eigenvalue weighted by Crippen LogP contribution is 2.40. The van der Waals surface area contributed by atoms with Crippen LogP contribution in [-0.2, 0) is 12.8 Å². The summed E-state index contributed by atoms with van der Waals surface area (Å²) in [6.07, 6.45) is 2.91. The molecule has 1 aromatic carbocycles. The maximum atomic E-state index is 5.88. The Hall–Kier alpha value is -0.740. The van der Waals surface area contributed by atoms with E-state index in [4.69, 9.17) is 9.47 Å². The molecule has 0 radical (unpaired) electrons. The third-order valence-corrected chi connectivity index (χ3v) is 3.89. The molecule has 0 amide bonds. The number of rotatable bonds is 4. The van der Waals surface area contributed by atoms with Crippen LogP contribution in [-0.4, -0.2) is 26.8 Å². The predicted octanol–water partition coefficient (Wildman–Crippen LogP) is 2.93. The fourth-order valence-electron chi connectivity index (χ4n) is 2.27. The van der Waals surface area contributed by atoms with E-state index < -0.39 is 0 Å². The smallest absolute Gasteiger partial charge is 0.164 e. The zero-order chi connectivity index (χ0) is 13.0. The third kappa shape index (κ3) is 2.81. The normalized spacial score (nSPS) is 14.4. The molecule has 0 saturated carbocycles. The second-order valence-electron chi connectivity index (χ2n) is 4.40. The van der Waals surface area contributed by atoms with Gasteiger partial charge < -0.3 is 14.8 Å². The van der Waals surface area contributed by atoms with Gasteiger partial charge in [0, 0.05) is 16.5 Å². The predicted molar refractivity (Wildman–Crippen MR) is 76.8 cm³/mol. The molecule has 1 N–H and O–H groups in total. The van der Waals surface area contributed by atoms with Gasteiger partial charge in [0.1, 0.15) is 0 Å². The number of halogens is 1. The second kappa shape index (κ2) is 6.43. The van der Waals surface area contributed by atoms with E-state index in [0.29, 0.717) is 0 Å². The third-order valence-electron chi connectivity index (χ3n) is 3.18. The van der Waals surface area contributed by atoms with Crippen molar-refractivity contribution in [2.75, 3.05) is 26.8 Å². The first-order valence-electron chi connectivity index (χ1n) is 6.52. The van der Waals surface area contributed by atoms with E-state index in [1.54, 1.807) is 0 Å². The quantitative estimate of drug-likeness (QED) is 0.927. The Bertz CT molecular complexity index is 421. The molecule has 1 aromatic rings. The first-order chi connectivity index (χ1) is 8.77. The molecule has 0 unspecified atom stereocenters. The number of nitrogens with one attached hydrogen (secondary N) is 1. The van der Waals surface area contributed by atoms with Crippen LogP contribution in [0.1, 0.15) is 24.5 Å². The van der Waals surface area contributed by atoms with Crippen LogP contribution < -0.4 is 14.8 Å². The lowest BCUT2D eigenvalue weighted by Crippen LogP contribution is -2.12. The summed E-state index contributed by atoms with van der Waals surface area (Å²) in [5, 5.41) is 3.19. The largest absolute Gasteiger partial charge is 0.490 e. The molecule has 100 valence electrons. The number of ether oxygens (including phenoxy) is 2. The number of likely N-dealkylation sites (N-methyl/N-ethyl adjacent to an activating group) is 1. The average molecular weight is 314 g/mol. The monoisotopic (exact) mass is 313 g/mol. The molecule has 0 spiro atoms. The Labute approximate surface area is 117 Å². The number of fused-ring (bicyclic) bond motifs is 1. The fourth-order valence-corrected chi connectivity index (χ4v) is 2.92. The van der Waals surface area contributed by atoms with Crippen LogP contribution >= 0.6 is 15.9 Å². The molecule has 0 atom stereocenters. The summed E-state index contributed by atoms with van der Waals surface area (Å²) in [4.78, 5) is 0. The zero-order valence-electron chi connectivity index (χ0n) is 11.0. The summed E-state index contributed by atoms with van der Waals surface area (Å²) in [5.74, 6) is 1.83. The Balaban J connectivity index is 2.43. The van der Waals surface area contributed by atoms with E-state index in [2.05, 4.69) is 28.2 Å². The topological polar surface area (TPSA) is 30.5 Å². The number of benzene rings is 1. The molecule has 0 aromatic heterocycles. The molecule has 1 heterocycles. The van der Waals surface area contributed by atoms with Crippen molar-refractivity contribution in [2.45, 2.75) is 26.2 Å². The molecule has 4 heteroatoms. The summed E-state index contributed by atoms with van der Waals surface area (Å²) in [6, 6.07) is 2.05. The van der Waals surface area contributed by atoms with Crippen molar-refractivity contribution < 1.29 is 9.47 Å². The minimum absolute atomic E-state index is 0.735. The summed E-state index contributed by atoms with van der Waals surface area (Å²) in [6.45, 7) is 4.61. The van der Waals surface area contributed by atoms with Crippen LogP contribution in [0.4, 0.5) is 0 Å². The average Bonchev–Trinajstić information content (AvgIpc) is 2.60. The van der Waals surface area contributed by atoms with E-state index in [0.717, 1.165) is 55.0 Å². The van der Waals surface area contributed by atoms with Gasteiger partial charge in [0.15, 0.2) is 11.5 Å². The highest BCUT2D eigenvalue weighted by Gasteiger charge is 2.19. The van der Waals surface area contributed by atoms with E-state index in [-0.39, 0.29) is 0 Å². The van der Waals surface area contributed by atoms with Crippen LogP contribution in [0, 0.1) is 0 Å². The minimum atomic E-state index is 0.735. The van der Waals surface area contributed by atoms with E-state index in [1.165, 1.54) is 11.1 Å². The molecule has 18 heavy (non-hydrogen) atoms. The van der Waals surface area contributed by atoms with Crippen molar-refractivity contribution in [1.82, 2.24) is 5.32 Å². The van der Waals surface area contributed by atoms with Gasteiger partial charge in [-0.05, 0) is 38.1 Å². The molecule has 3 nitrogen and oxygen atoms in total. The van der Waals surface area contributed by atoms with Gasteiger partial charge in [-0.25, -0.2) is 0 Å².